The van der Waals surface area contributed by atoms with Crippen LogP contribution in [0.1, 0.15) is 11.1 Å². The van der Waals surface area contributed by atoms with Crippen LogP contribution in [0.15, 0.2) is 158 Å². The zero-order valence-corrected chi connectivity index (χ0v) is 25.8. The summed E-state index contributed by atoms with van der Waals surface area (Å²) in [5.41, 5.74) is 11.1. The zero-order valence-electron chi connectivity index (χ0n) is 25.8. The lowest BCUT2D eigenvalue weighted by Gasteiger charge is -2.14. The monoisotopic (exact) mass is 610 g/mol. The van der Waals surface area contributed by atoms with Crippen LogP contribution < -0.4 is 0 Å². The molecule has 0 amide bonds. The summed E-state index contributed by atoms with van der Waals surface area (Å²) < 4.78 is 4.47. The lowest BCUT2D eigenvalue weighted by Crippen LogP contribution is -2.00. The van der Waals surface area contributed by atoms with Crippen LogP contribution in [0, 0.1) is 22.7 Å². The third kappa shape index (κ3) is 4.14. The fourth-order valence-electron chi connectivity index (χ4n) is 7.23. The van der Waals surface area contributed by atoms with Gasteiger partial charge in [0.2, 0.25) is 0 Å². The number of hydrogen-bond acceptors (Lipinski definition) is 2. The topological polar surface area (TPSA) is 57.4 Å². The smallest absolute Gasteiger partial charge is 0.101 e. The molecular weight excluding hydrogens is 585 g/mol. The van der Waals surface area contributed by atoms with Crippen LogP contribution in [-0.2, 0) is 0 Å². The van der Waals surface area contributed by atoms with Crippen LogP contribution in [0.2, 0.25) is 0 Å². The molecule has 0 saturated carbocycles. The molecule has 222 valence electrons. The van der Waals surface area contributed by atoms with Gasteiger partial charge in [0.15, 0.2) is 0 Å². The Bertz CT molecular complexity index is 2790. The van der Waals surface area contributed by atoms with E-state index in [9.17, 15) is 10.5 Å². The van der Waals surface area contributed by atoms with Gasteiger partial charge in [-0.3, -0.25) is 0 Å². The van der Waals surface area contributed by atoms with Gasteiger partial charge in [0.25, 0.3) is 0 Å². The number of rotatable bonds is 4. The van der Waals surface area contributed by atoms with Gasteiger partial charge in [0.05, 0.1) is 45.0 Å². The Hall–Kier alpha value is -6.88. The van der Waals surface area contributed by atoms with Gasteiger partial charge in [0.1, 0.15) is 6.07 Å². The first kappa shape index (κ1) is 27.4. The van der Waals surface area contributed by atoms with Crippen molar-refractivity contribution in [1.29, 1.82) is 10.5 Å². The highest BCUT2D eigenvalue weighted by atomic mass is 15.0. The summed E-state index contributed by atoms with van der Waals surface area (Å²) >= 11 is 0. The molecule has 0 bridgehead atoms. The van der Waals surface area contributed by atoms with Crippen LogP contribution >= 0.6 is 0 Å². The Kier molecular flexibility index (Phi) is 6.22. The fraction of sp³-hybridized carbons (Fsp3) is 0. The molecule has 0 radical (unpaired) electrons. The lowest BCUT2D eigenvalue weighted by molar-refractivity contribution is 1.16. The molecule has 0 N–H and O–H groups in total. The maximum absolute atomic E-state index is 10.4. The number of aromatic nitrogens is 2. The van der Waals surface area contributed by atoms with Gasteiger partial charge in [-0.2, -0.15) is 10.5 Å². The largest absolute Gasteiger partial charge is 0.309 e. The van der Waals surface area contributed by atoms with E-state index >= 15 is 0 Å². The normalized spacial score (nSPS) is 11.3. The Morgan fingerprint density at radius 2 is 0.938 bits per heavy atom. The molecule has 48 heavy (non-hydrogen) atoms. The molecule has 0 aliphatic heterocycles. The van der Waals surface area contributed by atoms with Gasteiger partial charge in [-0.25, -0.2) is 0 Å². The molecule has 0 aliphatic rings. The van der Waals surface area contributed by atoms with Crippen LogP contribution in [-0.4, -0.2) is 9.13 Å². The molecule has 4 nitrogen and oxygen atoms in total. The quantitative estimate of drug-likeness (QED) is 0.199. The Labute approximate surface area is 277 Å². The van der Waals surface area contributed by atoms with E-state index in [0.29, 0.717) is 16.8 Å². The second kappa shape index (κ2) is 10.9. The van der Waals surface area contributed by atoms with Crippen molar-refractivity contribution in [3.05, 3.63) is 169 Å². The molecule has 9 aromatic rings. The first-order valence-corrected chi connectivity index (χ1v) is 15.9. The summed E-state index contributed by atoms with van der Waals surface area (Å²) in [6.07, 6.45) is 0. The van der Waals surface area contributed by atoms with Crippen molar-refractivity contribution < 1.29 is 0 Å². The first-order valence-electron chi connectivity index (χ1n) is 15.9. The van der Waals surface area contributed by atoms with Crippen molar-refractivity contribution in [2.45, 2.75) is 0 Å². The molecule has 0 spiro atoms. The van der Waals surface area contributed by atoms with E-state index in [1.54, 1.807) is 0 Å². The van der Waals surface area contributed by atoms with Gasteiger partial charge >= 0.3 is 0 Å². The number of fused-ring (bicyclic) bond motifs is 6. The van der Waals surface area contributed by atoms with Gasteiger partial charge in [0, 0.05) is 32.8 Å². The summed E-state index contributed by atoms with van der Waals surface area (Å²) in [4.78, 5) is 0. The van der Waals surface area contributed by atoms with Crippen LogP contribution in [0.25, 0.3) is 77.2 Å². The van der Waals surface area contributed by atoms with Crippen molar-refractivity contribution in [3.63, 3.8) is 0 Å². The van der Waals surface area contributed by atoms with Crippen molar-refractivity contribution in [3.8, 4) is 45.8 Å². The molecular formula is C44H26N4. The lowest BCUT2D eigenvalue weighted by atomic mass is 9.96. The van der Waals surface area contributed by atoms with E-state index in [2.05, 4.69) is 118 Å². The first-order chi connectivity index (χ1) is 23.7. The number of nitriles is 2. The minimum absolute atomic E-state index is 0.513. The molecule has 0 aliphatic carbocycles. The average molecular weight is 611 g/mol. The minimum Gasteiger partial charge on any atom is -0.309 e. The summed E-state index contributed by atoms with van der Waals surface area (Å²) in [7, 11) is 0. The predicted molar refractivity (Wildman–Crippen MR) is 195 cm³/mol. The van der Waals surface area contributed by atoms with Crippen LogP contribution in [0.3, 0.4) is 0 Å². The number of hydrogen-bond donors (Lipinski definition) is 0. The van der Waals surface area contributed by atoms with Crippen molar-refractivity contribution in [2.24, 2.45) is 0 Å². The maximum atomic E-state index is 10.4. The third-order valence-corrected chi connectivity index (χ3v) is 9.40. The van der Waals surface area contributed by atoms with Crippen molar-refractivity contribution in [2.75, 3.05) is 0 Å². The van der Waals surface area contributed by atoms with Gasteiger partial charge in [-0.05, 0) is 71.3 Å². The van der Waals surface area contributed by atoms with Crippen molar-refractivity contribution >= 4 is 43.6 Å². The summed E-state index contributed by atoms with van der Waals surface area (Å²) in [6.45, 7) is 0. The Balaban J connectivity index is 1.26. The highest BCUT2D eigenvalue weighted by Crippen LogP contribution is 2.39. The van der Waals surface area contributed by atoms with E-state index in [4.69, 9.17) is 0 Å². The highest BCUT2D eigenvalue weighted by Gasteiger charge is 2.19. The van der Waals surface area contributed by atoms with Gasteiger partial charge < -0.3 is 9.13 Å². The zero-order chi connectivity index (χ0) is 32.2. The molecule has 2 aromatic heterocycles. The van der Waals surface area contributed by atoms with E-state index in [-0.39, 0.29) is 0 Å². The minimum atomic E-state index is 0.513. The second-order valence-corrected chi connectivity index (χ2v) is 12.0. The number of benzene rings is 7. The highest BCUT2D eigenvalue weighted by molar-refractivity contribution is 6.12. The molecule has 7 aromatic carbocycles. The molecule has 0 saturated heterocycles. The second-order valence-electron chi connectivity index (χ2n) is 12.0. The third-order valence-electron chi connectivity index (χ3n) is 9.40. The fourth-order valence-corrected chi connectivity index (χ4v) is 7.23. The Morgan fingerprint density at radius 1 is 0.375 bits per heavy atom. The molecule has 0 atom stereocenters. The predicted octanol–water partition coefficient (Wildman–Crippen LogP) is 11.0. The van der Waals surface area contributed by atoms with Crippen molar-refractivity contribution in [1.82, 2.24) is 9.13 Å². The van der Waals surface area contributed by atoms with E-state index in [0.717, 1.165) is 55.3 Å². The number of para-hydroxylation sites is 3. The SMILES string of the molecule is N#Cc1cc(-n2c3ccccc3c3cc(-c4ccc5c6ccccc6n(-c6ccccc6)c5c4)ccc32)c(C#N)cc1-c1ccccc1. The summed E-state index contributed by atoms with van der Waals surface area (Å²) in [5, 5.41) is 25.2. The molecule has 2 heterocycles. The summed E-state index contributed by atoms with van der Waals surface area (Å²) in [6, 6.07) is 58.9. The van der Waals surface area contributed by atoms with Gasteiger partial charge in [-0.1, -0.05) is 103 Å². The van der Waals surface area contributed by atoms with E-state index < -0.39 is 0 Å². The molecule has 0 unspecified atom stereocenters. The molecule has 0 fully saturated rings. The van der Waals surface area contributed by atoms with Crippen LogP contribution in [0.5, 0.6) is 0 Å². The molecule has 9 rings (SSSR count). The standard InChI is InChI=1S/C44H26N4/c45-27-32-26-43(33(28-46)24-38(32)29-11-3-1-4-12-29)48-41-18-10-8-16-36(41)39-23-30(20-22-42(39)48)31-19-21-37-35-15-7-9-17-40(35)47(44(37)25-31)34-13-5-2-6-14-34/h1-26H. The number of nitrogens with zero attached hydrogens (tertiary/aromatic N) is 4. The van der Waals surface area contributed by atoms with Crippen LogP contribution in [0.4, 0.5) is 0 Å². The van der Waals surface area contributed by atoms with Gasteiger partial charge in [-0.15, -0.1) is 0 Å². The van der Waals surface area contributed by atoms with E-state index in [1.165, 1.54) is 16.3 Å². The van der Waals surface area contributed by atoms with E-state index in [1.807, 2.05) is 60.7 Å². The molecule has 4 heteroatoms. The maximum Gasteiger partial charge on any atom is 0.101 e. The Morgan fingerprint density at radius 3 is 1.67 bits per heavy atom. The average Bonchev–Trinajstić information content (AvgIpc) is 3.67. The summed E-state index contributed by atoms with van der Waals surface area (Å²) in [5.74, 6) is 0.